The molecular formula is C21H20N6O2. The molecule has 146 valence electrons. The second-order valence-corrected chi connectivity index (χ2v) is 6.54. The molecule has 0 bridgehead atoms. The third-order valence-electron chi connectivity index (χ3n) is 4.44. The standard InChI is InChI=1S/C21H20N6O2/c1-3-7-18-25-21(29-26-18)15-10-11-22-19(12-15)27-14(2)17(13-23-27)20(28)24-16-8-5-4-6-9-16/h4-6,8-13H,3,7H2,1-2H3,(H,24,28). The number of carbonyl (C=O) groups is 1. The fraction of sp³-hybridized carbons (Fsp3) is 0.190. The van der Waals surface area contributed by atoms with E-state index in [1.54, 1.807) is 16.9 Å². The summed E-state index contributed by atoms with van der Waals surface area (Å²) in [6.45, 7) is 3.89. The Kier molecular flexibility index (Phi) is 5.15. The monoisotopic (exact) mass is 388 g/mol. The van der Waals surface area contributed by atoms with Crippen molar-refractivity contribution in [2.45, 2.75) is 26.7 Å². The van der Waals surface area contributed by atoms with Crippen LogP contribution in [0.2, 0.25) is 0 Å². The average molecular weight is 388 g/mol. The summed E-state index contributed by atoms with van der Waals surface area (Å²) in [5.74, 6) is 1.45. The molecule has 3 heterocycles. The van der Waals surface area contributed by atoms with E-state index in [1.165, 1.54) is 6.20 Å². The zero-order valence-corrected chi connectivity index (χ0v) is 16.2. The van der Waals surface area contributed by atoms with E-state index in [0.29, 0.717) is 28.8 Å². The fourth-order valence-corrected chi connectivity index (χ4v) is 2.95. The topological polar surface area (TPSA) is 98.7 Å². The van der Waals surface area contributed by atoms with Gasteiger partial charge in [-0.3, -0.25) is 4.79 Å². The number of amides is 1. The highest BCUT2D eigenvalue weighted by molar-refractivity contribution is 6.04. The number of benzene rings is 1. The summed E-state index contributed by atoms with van der Waals surface area (Å²) in [5, 5.41) is 11.2. The molecule has 0 aliphatic heterocycles. The van der Waals surface area contributed by atoms with Crippen LogP contribution in [0.25, 0.3) is 17.3 Å². The van der Waals surface area contributed by atoms with Crippen molar-refractivity contribution in [2.24, 2.45) is 0 Å². The van der Waals surface area contributed by atoms with Crippen molar-refractivity contribution < 1.29 is 9.32 Å². The molecule has 1 aromatic carbocycles. The van der Waals surface area contributed by atoms with Crippen LogP contribution in [0.1, 0.15) is 35.2 Å². The summed E-state index contributed by atoms with van der Waals surface area (Å²) >= 11 is 0. The number of hydrogen-bond donors (Lipinski definition) is 1. The van der Waals surface area contributed by atoms with Gasteiger partial charge >= 0.3 is 0 Å². The molecule has 0 aliphatic carbocycles. The highest BCUT2D eigenvalue weighted by Gasteiger charge is 2.17. The van der Waals surface area contributed by atoms with E-state index in [4.69, 9.17) is 4.52 Å². The maximum absolute atomic E-state index is 12.6. The highest BCUT2D eigenvalue weighted by atomic mass is 16.5. The van der Waals surface area contributed by atoms with Crippen LogP contribution in [0.3, 0.4) is 0 Å². The lowest BCUT2D eigenvalue weighted by Crippen LogP contribution is -2.13. The highest BCUT2D eigenvalue weighted by Crippen LogP contribution is 2.21. The predicted molar refractivity (Wildman–Crippen MR) is 108 cm³/mol. The lowest BCUT2D eigenvalue weighted by Gasteiger charge is -2.06. The maximum Gasteiger partial charge on any atom is 0.259 e. The summed E-state index contributed by atoms with van der Waals surface area (Å²) in [4.78, 5) is 21.4. The molecule has 8 heteroatoms. The summed E-state index contributed by atoms with van der Waals surface area (Å²) in [7, 11) is 0. The van der Waals surface area contributed by atoms with Gasteiger partial charge in [0.2, 0.25) is 0 Å². The Balaban J connectivity index is 1.60. The Labute approximate surface area is 167 Å². The van der Waals surface area contributed by atoms with Crippen LogP contribution in [0, 0.1) is 6.92 Å². The van der Waals surface area contributed by atoms with Crippen LogP contribution in [0.4, 0.5) is 5.69 Å². The first-order valence-electron chi connectivity index (χ1n) is 9.36. The Bertz CT molecular complexity index is 1130. The van der Waals surface area contributed by atoms with Gasteiger partial charge in [0.25, 0.3) is 11.8 Å². The van der Waals surface area contributed by atoms with Gasteiger partial charge in [0, 0.05) is 23.9 Å². The third-order valence-corrected chi connectivity index (χ3v) is 4.44. The van der Waals surface area contributed by atoms with Gasteiger partial charge in [0.05, 0.1) is 17.5 Å². The minimum absolute atomic E-state index is 0.225. The van der Waals surface area contributed by atoms with Gasteiger partial charge in [-0.05, 0) is 37.6 Å². The minimum atomic E-state index is -0.225. The van der Waals surface area contributed by atoms with Gasteiger partial charge in [-0.25, -0.2) is 9.67 Å². The Morgan fingerprint density at radius 1 is 1.21 bits per heavy atom. The molecule has 0 saturated heterocycles. The van der Waals surface area contributed by atoms with E-state index >= 15 is 0 Å². The summed E-state index contributed by atoms with van der Waals surface area (Å²) < 4.78 is 6.97. The van der Waals surface area contributed by atoms with Crippen molar-refractivity contribution in [1.82, 2.24) is 24.9 Å². The van der Waals surface area contributed by atoms with E-state index in [9.17, 15) is 4.79 Å². The Morgan fingerprint density at radius 3 is 2.83 bits per heavy atom. The van der Waals surface area contributed by atoms with E-state index < -0.39 is 0 Å². The molecule has 0 atom stereocenters. The molecule has 0 unspecified atom stereocenters. The SMILES string of the molecule is CCCc1noc(-c2ccnc(-n3ncc(C(=O)Nc4ccccc4)c3C)c2)n1. The summed E-state index contributed by atoms with van der Waals surface area (Å²) in [6.07, 6.45) is 4.90. The Hall–Kier alpha value is -3.81. The number of anilines is 1. The minimum Gasteiger partial charge on any atom is -0.334 e. The molecule has 0 aliphatic rings. The van der Waals surface area contributed by atoms with E-state index in [1.807, 2.05) is 43.3 Å². The molecule has 0 spiro atoms. The van der Waals surface area contributed by atoms with Crippen LogP contribution in [-0.2, 0) is 6.42 Å². The lowest BCUT2D eigenvalue weighted by atomic mass is 10.2. The molecule has 8 nitrogen and oxygen atoms in total. The van der Waals surface area contributed by atoms with Crippen molar-refractivity contribution in [3.8, 4) is 17.3 Å². The van der Waals surface area contributed by atoms with Crippen molar-refractivity contribution >= 4 is 11.6 Å². The molecular weight excluding hydrogens is 368 g/mol. The van der Waals surface area contributed by atoms with Crippen molar-refractivity contribution in [3.63, 3.8) is 0 Å². The van der Waals surface area contributed by atoms with Crippen molar-refractivity contribution in [3.05, 3.63) is 71.9 Å². The molecule has 1 amide bonds. The van der Waals surface area contributed by atoms with E-state index in [-0.39, 0.29) is 5.91 Å². The first-order valence-corrected chi connectivity index (χ1v) is 9.36. The van der Waals surface area contributed by atoms with Crippen LogP contribution in [0.5, 0.6) is 0 Å². The summed E-state index contributed by atoms with van der Waals surface area (Å²) in [6, 6.07) is 12.9. The fourth-order valence-electron chi connectivity index (χ4n) is 2.95. The maximum atomic E-state index is 12.6. The molecule has 4 rings (SSSR count). The van der Waals surface area contributed by atoms with Gasteiger partial charge < -0.3 is 9.84 Å². The Morgan fingerprint density at radius 2 is 2.03 bits per heavy atom. The molecule has 4 aromatic rings. The zero-order valence-electron chi connectivity index (χ0n) is 16.2. The zero-order chi connectivity index (χ0) is 20.2. The smallest absolute Gasteiger partial charge is 0.259 e. The second kappa shape index (κ2) is 8.05. The quantitative estimate of drug-likeness (QED) is 0.539. The van der Waals surface area contributed by atoms with Gasteiger partial charge in [0.1, 0.15) is 0 Å². The number of nitrogens with one attached hydrogen (secondary N) is 1. The normalized spacial score (nSPS) is 10.8. The number of hydrogen-bond acceptors (Lipinski definition) is 6. The molecule has 29 heavy (non-hydrogen) atoms. The van der Waals surface area contributed by atoms with Crippen LogP contribution < -0.4 is 5.32 Å². The third kappa shape index (κ3) is 3.91. The number of carbonyl (C=O) groups excluding carboxylic acids is 1. The van der Waals surface area contributed by atoms with E-state index in [2.05, 4.69) is 32.5 Å². The molecule has 3 aromatic heterocycles. The van der Waals surface area contributed by atoms with E-state index in [0.717, 1.165) is 24.1 Å². The van der Waals surface area contributed by atoms with Crippen LogP contribution in [-0.4, -0.2) is 30.8 Å². The average Bonchev–Trinajstić information content (AvgIpc) is 3.36. The number of aromatic nitrogens is 5. The number of pyridine rings is 1. The van der Waals surface area contributed by atoms with Gasteiger partial charge in [0.15, 0.2) is 11.6 Å². The van der Waals surface area contributed by atoms with Crippen molar-refractivity contribution in [2.75, 3.05) is 5.32 Å². The van der Waals surface area contributed by atoms with Gasteiger partial charge in [-0.15, -0.1) is 0 Å². The van der Waals surface area contributed by atoms with Crippen LogP contribution in [0.15, 0.2) is 59.4 Å². The number of nitrogens with zero attached hydrogens (tertiary/aromatic N) is 5. The molecule has 0 fully saturated rings. The van der Waals surface area contributed by atoms with Gasteiger partial charge in [-0.2, -0.15) is 10.1 Å². The molecule has 1 N–H and O–H groups in total. The second-order valence-electron chi connectivity index (χ2n) is 6.54. The molecule has 0 radical (unpaired) electrons. The lowest BCUT2D eigenvalue weighted by molar-refractivity contribution is 0.102. The van der Waals surface area contributed by atoms with Gasteiger partial charge in [-0.1, -0.05) is 30.3 Å². The van der Waals surface area contributed by atoms with Crippen molar-refractivity contribution in [1.29, 1.82) is 0 Å². The number of aryl methyl sites for hydroxylation is 1. The molecule has 0 saturated carbocycles. The predicted octanol–water partition coefficient (Wildman–Crippen LogP) is 3.83. The number of rotatable bonds is 6. The number of para-hydroxylation sites is 1. The van der Waals surface area contributed by atoms with Crippen LogP contribution >= 0.6 is 0 Å². The first kappa shape index (κ1) is 18.5. The largest absolute Gasteiger partial charge is 0.334 e. The first-order chi connectivity index (χ1) is 14.2. The summed E-state index contributed by atoms with van der Waals surface area (Å²) in [5.41, 5.74) is 2.63.